The molecule has 9 heteroatoms. The van der Waals surface area contributed by atoms with Crippen molar-refractivity contribution in [3.8, 4) is 11.5 Å². The van der Waals surface area contributed by atoms with E-state index in [0.29, 0.717) is 22.9 Å². The molecular weight excluding hydrogens is 454 g/mol. The summed E-state index contributed by atoms with van der Waals surface area (Å²) in [6.07, 6.45) is 5.25. The number of nitro benzene ring substituents is 1. The van der Waals surface area contributed by atoms with E-state index in [1.807, 2.05) is 30.3 Å². The Morgan fingerprint density at radius 1 is 1.15 bits per heavy atom. The highest BCUT2D eigenvalue weighted by atomic mass is 32.1. The number of hydrogen-bond acceptors (Lipinski definition) is 7. The zero-order chi connectivity index (χ0) is 24.1. The molecule has 1 aliphatic carbocycles. The minimum atomic E-state index is -0.490. The molecular formula is C25H25N3O5S. The fourth-order valence-corrected chi connectivity index (χ4v) is 5.25. The number of ether oxygens (including phenoxy) is 2. The van der Waals surface area contributed by atoms with Crippen LogP contribution in [0.1, 0.15) is 44.8 Å². The number of hydrogen-bond donors (Lipinski definition) is 1. The molecule has 1 aliphatic rings. The number of nitrogens with zero attached hydrogens (tertiary/aromatic N) is 2. The summed E-state index contributed by atoms with van der Waals surface area (Å²) in [5, 5.41) is 15.2. The van der Waals surface area contributed by atoms with Gasteiger partial charge in [0.25, 0.3) is 11.6 Å². The van der Waals surface area contributed by atoms with E-state index in [0.717, 1.165) is 41.7 Å². The first-order chi connectivity index (χ1) is 16.5. The van der Waals surface area contributed by atoms with Gasteiger partial charge in [0.15, 0.2) is 11.5 Å². The van der Waals surface area contributed by atoms with E-state index in [4.69, 9.17) is 9.47 Å². The van der Waals surface area contributed by atoms with Crippen LogP contribution in [0.5, 0.6) is 11.5 Å². The van der Waals surface area contributed by atoms with Crippen LogP contribution < -0.4 is 14.8 Å². The second kappa shape index (κ2) is 10.5. The Labute approximate surface area is 201 Å². The van der Waals surface area contributed by atoms with Crippen LogP contribution >= 0.6 is 11.3 Å². The van der Waals surface area contributed by atoms with Crippen LogP contribution in [0.4, 0.5) is 10.7 Å². The SMILES string of the molecule is COc1cc(/C=N/c2sc3c(c2C(=O)NCc2ccccc2)CCCC3)c([N+](=O)[O-])cc1OC. The molecule has 0 unspecified atom stereocenters. The first kappa shape index (κ1) is 23.4. The van der Waals surface area contributed by atoms with Crippen LogP contribution in [-0.4, -0.2) is 31.3 Å². The smallest absolute Gasteiger partial charge is 0.282 e. The van der Waals surface area contributed by atoms with E-state index in [1.165, 1.54) is 43.9 Å². The number of thiophene rings is 1. The van der Waals surface area contributed by atoms with Gasteiger partial charge in [0.1, 0.15) is 5.00 Å². The van der Waals surface area contributed by atoms with E-state index in [9.17, 15) is 14.9 Å². The lowest BCUT2D eigenvalue weighted by molar-refractivity contribution is -0.385. The summed E-state index contributed by atoms with van der Waals surface area (Å²) in [7, 11) is 2.89. The number of methoxy groups -OCH3 is 2. The van der Waals surface area contributed by atoms with E-state index >= 15 is 0 Å². The average molecular weight is 480 g/mol. The van der Waals surface area contributed by atoms with Gasteiger partial charge in [0.2, 0.25) is 0 Å². The highest BCUT2D eigenvalue weighted by Gasteiger charge is 2.25. The summed E-state index contributed by atoms with van der Waals surface area (Å²) in [6, 6.07) is 12.5. The van der Waals surface area contributed by atoms with Crippen molar-refractivity contribution in [2.45, 2.75) is 32.2 Å². The van der Waals surface area contributed by atoms with Crippen molar-refractivity contribution in [1.29, 1.82) is 0 Å². The first-order valence-electron chi connectivity index (χ1n) is 10.9. The molecule has 1 heterocycles. The largest absolute Gasteiger partial charge is 0.493 e. The standard InChI is InChI=1S/C25H25N3O5S/c1-32-20-12-17(19(28(30)31)13-21(20)33-2)15-27-25-23(18-10-6-7-11-22(18)34-25)24(29)26-14-16-8-4-3-5-9-16/h3-5,8-9,12-13,15H,6-7,10-11,14H2,1-2H3,(H,26,29)/b27-15+. The van der Waals surface area contributed by atoms with Gasteiger partial charge in [0, 0.05) is 17.6 Å². The summed E-state index contributed by atoms with van der Waals surface area (Å²) < 4.78 is 10.5. The zero-order valence-electron chi connectivity index (χ0n) is 19.0. The second-order valence-corrected chi connectivity index (χ2v) is 8.92. The van der Waals surface area contributed by atoms with Crippen molar-refractivity contribution in [2.75, 3.05) is 14.2 Å². The Hall–Kier alpha value is -3.72. The minimum absolute atomic E-state index is 0.155. The molecule has 0 spiro atoms. The highest BCUT2D eigenvalue weighted by Crippen LogP contribution is 2.40. The lowest BCUT2D eigenvalue weighted by atomic mass is 9.95. The lowest BCUT2D eigenvalue weighted by Crippen LogP contribution is -2.24. The number of carbonyl (C=O) groups excluding carboxylic acids is 1. The molecule has 176 valence electrons. The predicted octanol–water partition coefficient (Wildman–Crippen LogP) is 5.23. The third-order valence-electron chi connectivity index (χ3n) is 5.73. The van der Waals surface area contributed by atoms with Gasteiger partial charge in [-0.05, 0) is 42.9 Å². The van der Waals surface area contributed by atoms with Crippen molar-refractivity contribution < 1.29 is 19.2 Å². The summed E-state index contributed by atoms with van der Waals surface area (Å²) in [5.74, 6) is 0.442. The molecule has 0 saturated carbocycles. The molecule has 0 atom stereocenters. The third kappa shape index (κ3) is 4.94. The zero-order valence-corrected chi connectivity index (χ0v) is 19.8. The number of nitro groups is 1. The highest BCUT2D eigenvalue weighted by molar-refractivity contribution is 7.16. The van der Waals surface area contributed by atoms with Crippen LogP contribution in [0.3, 0.4) is 0 Å². The molecule has 4 rings (SSSR count). The molecule has 1 amide bonds. The third-order valence-corrected chi connectivity index (χ3v) is 6.93. The van der Waals surface area contributed by atoms with Gasteiger partial charge >= 0.3 is 0 Å². The number of fused-ring (bicyclic) bond motifs is 1. The molecule has 8 nitrogen and oxygen atoms in total. The summed E-state index contributed by atoms with van der Waals surface area (Å²) in [6.45, 7) is 0.411. The average Bonchev–Trinajstić information content (AvgIpc) is 3.24. The minimum Gasteiger partial charge on any atom is -0.493 e. The molecule has 3 aromatic rings. The maximum Gasteiger partial charge on any atom is 0.282 e. The predicted molar refractivity (Wildman–Crippen MR) is 132 cm³/mol. The summed E-state index contributed by atoms with van der Waals surface area (Å²) in [4.78, 5) is 30.1. The number of nitrogens with one attached hydrogen (secondary N) is 1. The van der Waals surface area contributed by atoms with E-state index < -0.39 is 4.92 Å². The van der Waals surface area contributed by atoms with Crippen LogP contribution in [0.15, 0.2) is 47.5 Å². The van der Waals surface area contributed by atoms with E-state index in [-0.39, 0.29) is 22.9 Å². The van der Waals surface area contributed by atoms with Crippen molar-refractivity contribution in [1.82, 2.24) is 5.32 Å². The Bertz CT molecular complexity index is 1240. The Balaban J connectivity index is 1.69. The van der Waals surface area contributed by atoms with Crippen LogP contribution in [0.2, 0.25) is 0 Å². The maximum absolute atomic E-state index is 13.2. The molecule has 0 saturated heterocycles. The number of aliphatic imine (C=N–C) groups is 1. The fraction of sp³-hybridized carbons (Fsp3) is 0.280. The fourth-order valence-electron chi connectivity index (χ4n) is 4.02. The lowest BCUT2D eigenvalue weighted by Gasteiger charge is -2.13. The molecule has 0 bridgehead atoms. The Kier molecular flexibility index (Phi) is 7.22. The van der Waals surface area contributed by atoms with E-state index in [2.05, 4.69) is 10.3 Å². The number of benzene rings is 2. The normalized spacial score (nSPS) is 12.9. The van der Waals surface area contributed by atoms with Gasteiger partial charge in [-0.2, -0.15) is 0 Å². The Morgan fingerprint density at radius 3 is 2.56 bits per heavy atom. The number of amides is 1. The molecule has 1 N–H and O–H groups in total. The number of carbonyl (C=O) groups is 1. The molecule has 0 fully saturated rings. The van der Waals surface area contributed by atoms with Gasteiger partial charge in [-0.1, -0.05) is 30.3 Å². The topological polar surface area (TPSA) is 103 Å². The molecule has 1 aromatic heterocycles. The van der Waals surface area contributed by atoms with Crippen molar-refractivity contribution in [2.24, 2.45) is 4.99 Å². The monoisotopic (exact) mass is 479 g/mol. The molecule has 0 aliphatic heterocycles. The summed E-state index contributed by atoms with van der Waals surface area (Å²) in [5.41, 5.74) is 2.72. The number of rotatable bonds is 8. The van der Waals surface area contributed by atoms with Gasteiger partial charge in [-0.15, -0.1) is 11.3 Å². The number of aryl methyl sites for hydroxylation is 1. The second-order valence-electron chi connectivity index (χ2n) is 7.84. The van der Waals surface area contributed by atoms with Crippen LogP contribution in [-0.2, 0) is 19.4 Å². The van der Waals surface area contributed by atoms with Crippen LogP contribution in [0.25, 0.3) is 0 Å². The van der Waals surface area contributed by atoms with Gasteiger partial charge in [0.05, 0.1) is 36.3 Å². The summed E-state index contributed by atoms with van der Waals surface area (Å²) >= 11 is 1.48. The molecule has 2 aromatic carbocycles. The quantitative estimate of drug-likeness (QED) is 0.271. The maximum atomic E-state index is 13.2. The Morgan fingerprint density at radius 2 is 1.85 bits per heavy atom. The van der Waals surface area contributed by atoms with Crippen LogP contribution in [0, 0.1) is 10.1 Å². The molecule has 34 heavy (non-hydrogen) atoms. The van der Waals surface area contributed by atoms with Crippen molar-refractivity contribution in [3.05, 3.63) is 79.7 Å². The first-order valence-corrected chi connectivity index (χ1v) is 11.7. The van der Waals surface area contributed by atoms with Crippen molar-refractivity contribution >= 4 is 34.1 Å². The van der Waals surface area contributed by atoms with Gasteiger partial charge in [-0.25, -0.2) is 4.99 Å². The van der Waals surface area contributed by atoms with Gasteiger partial charge < -0.3 is 14.8 Å². The van der Waals surface area contributed by atoms with Crippen molar-refractivity contribution in [3.63, 3.8) is 0 Å². The van der Waals surface area contributed by atoms with Gasteiger partial charge in [-0.3, -0.25) is 14.9 Å². The molecule has 0 radical (unpaired) electrons. The van der Waals surface area contributed by atoms with E-state index in [1.54, 1.807) is 0 Å².